The summed E-state index contributed by atoms with van der Waals surface area (Å²) in [5, 5.41) is 61.0. The zero-order valence-corrected chi connectivity index (χ0v) is 45.7. The van der Waals surface area contributed by atoms with E-state index in [2.05, 4.69) is 20.8 Å². The maximum Gasteiger partial charge on any atom is 2.00 e. The molecule has 0 aliphatic heterocycles. The van der Waals surface area contributed by atoms with Crippen molar-refractivity contribution in [3.63, 3.8) is 0 Å². The first kappa shape index (κ1) is 62.5. The molecule has 0 unspecified atom stereocenters. The quantitative estimate of drug-likeness (QED) is 0.0455. The van der Waals surface area contributed by atoms with E-state index in [-0.39, 0.29) is 170 Å². The molecule has 3 N–H and O–H groups in total. The molecule has 0 atom stereocenters. The average Bonchev–Trinajstić information content (AvgIpc) is 3.09. The third-order valence-electron chi connectivity index (χ3n) is 8.19. The van der Waals surface area contributed by atoms with E-state index >= 15 is 0 Å². The number of carbonyl (C=O) groups is 1. The van der Waals surface area contributed by atoms with Gasteiger partial charge in [-0.2, -0.15) is 15.3 Å². The number of ketones is 1. The molecule has 64 heavy (non-hydrogen) atoms. The molecule has 0 saturated heterocycles. The minimum Gasteiger partial charge on any atom is -0.872 e. The molecule has 32 heteroatoms. The van der Waals surface area contributed by atoms with Crippen LogP contribution in [0.2, 0.25) is 0 Å². The van der Waals surface area contributed by atoms with Crippen LogP contribution >= 0.6 is 0 Å². The Morgan fingerprint density at radius 3 is 1.62 bits per heavy atom. The third-order valence-corrected chi connectivity index (χ3v) is 11.6. The van der Waals surface area contributed by atoms with E-state index in [0.29, 0.717) is 18.2 Å². The van der Waals surface area contributed by atoms with Crippen LogP contribution in [-0.4, -0.2) is 63.4 Å². The van der Waals surface area contributed by atoms with Gasteiger partial charge in [0.15, 0.2) is 0 Å². The maximum absolute atomic E-state index is 13.2. The molecule has 1 aliphatic carbocycles. The minimum atomic E-state index is -5.54. The molecule has 320 valence electrons. The first-order valence-corrected chi connectivity index (χ1v) is 20.8. The van der Waals surface area contributed by atoms with Crippen LogP contribution in [0.3, 0.4) is 0 Å². The number of benzene rings is 5. The molecule has 0 bridgehead atoms. The molecule has 0 fully saturated rings. The standard InChI is InChI=1S/C32H23N5O17S4.2Cu.4Na/c33-29-25(57(49,50)51)12-24(56(46,47)48)17-3-6-20(31(41)28(17)29)36-34-18-4-1-13(8-21(18)38)14-2-5-19(22(39)9-14)35-37-30-26(58(52,53)54)10-15-7-16(55(43,44)45)11-23(40)27(15)32(30)42;;;;;;/h1-12,35,38-41H,33H2,(H,43,44,45)(H,46,47,48)(H,49,50,51)(H,52,53,54);;;;;;/q;2*+2;4*+1/p-8/b36-34?,37-30-;;;;;;. The summed E-state index contributed by atoms with van der Waals surface area (Å²) in [5.74, 6) is -5.71. The van der Waals surface area contributed by atoms with Crippen molar-refractivity contribution in [2.24, 2.45) is 15.3 Å². The van der Waals surface area contributed by atoms with Gasteiger partial charge in [-0.3, -0.25) is 10.2 Å². The number of nitrogen functional groups attached to an aromatic ring is 1. The number of carbonyl (C=O) groups excluding carboxylic acids is 1. The summed E-state index contributed by atoms with van der Waals surface area (Å²) in [6, 6.07) is 9.55. The molecule has 0 spiro atoms. The van der Waals surface area contributed by atoms with Crippen molar-refractivity contribution in [1.29, 1.82) is 0 Å². The van der Waals surface area contributed by atoms with Crippen LogP contribution in [0.5, 0.6) is 23.0 Å². The summed E-state index contributed by atoms with van der Waals surface area (Å²) in [7, 11) is -21.7. The van der Waals surface area contributed by atoms with Gasteiger partial charge < -0.3 is 44.4 Å². The summed E-state index contributed by atoms with van der Waals surface area (Å²) in [5.41, 5.74) is 3.06. The normalized spacial score (nSPS) is 13.2. The zero-order chi connectivity index (χ0) is 42.9. The van der Waals surface area contributed by atoms with E-state index in [0.717, 1.165) is 36.4 Å². The molecule has 6 rings (SSSR count). The van der Waals surface area contributed by atoms with Crippen LogP contribution in [0, 0.1) is 0 Å². The summed E-state index contributed by atoms with van der Waals surface area (Å²) in [6.07, 6.45) is 0.470. The fourth-order valence-electron chi connectivity index (χ4n) is 5.58. The topological polar surface area (TPSA) is 413 Å². The number of Topliss-reactive ketones (excluding diaryl/α,β-unsaturated/α-hetero) is 1. The first-order valence-electron chi connectivity index (χ1n) is 15.2. The predicted molar refractivity (Wildman–Crippen MR) is 186 cm³/mol. The van der Waals surface area contributed by atoms with Crippen LogP contribution < -0.4 is 150 Å². The number of fused-ring (bicyclic) bond motifs is 2. The number of hydrazone groups is 1. The fourth-order valence-corrected chi connectivity index (χ4v) is 8.16. The maximum atomic E-state index is 13.2. The van der Waals surface area contributed by atoms with Gasteiger partial charge >= 0.3 is 152 Å². The Morgan fingerprint density at radius 2 is 1.11 bits per heavy atom. The predicted octanol–water partition coefficient (Wildman–Crippen LogP) is -11.9. The smallest absolute Gasteiger partial charge is 0.872 e. The van der Waals surface area contributed by atoms with Gasteiger partial charge in [-0.15, -0.1) is 0 Å². The monoisotopic (exact) mass is 1090 g/mol. The van der Waals surface area contributed by atoms with Crippen molar-refractivity contribution in [2.45, 2.75) is 14.7 Å². The van der Waals surface area contributed by atoms with Gasteiger partial charge in [0, 0.05) is 22.0 Å². The SMILES string of the molecule is Nc1c(S(=O)(=O)[O-])cc(S(=O)(=O)[O-])c2ccc(N=Nc3ccc(-c4ccc(N/N=C5\C(=O)c6c([O-])cc(S(=O)(=O)[O-])cc6C=C5S(=O)(=O)[O-])c([O-])c4)cc3[O-])c([O-])c12.[Cu+2].[Cu+2].[Na+].[Na+].[Na+].[Na+]. The van der Waals surface area contributed by atoms with Crippen LogP contribution in [0.15, 0.2) is 102 Å². The zero-order valence-electron chi connectivity index (χ0n) is 32.5. The van der Waals surface area contributed by atoms with Crippen molar-refractivity contribution < 1.29 is 229 Å². The van der Waals surface area contributed by atoms with Gasteiger partial charge in [-0.25, -0.2) is 33.7 Å². The molecule has 0 amide bonds. The van der Waals surface area contributed by atoms with Crippen molar-refractivity contribution in [3.05, 3.63) is 82.8 Å². The van der Waals surface area contributed by atoms with Crippen molar-refractivity contribution in [1.82, 2.24) is 0 Å². The van der Waals surface area contributed by atoms with E-state index in [1.54, 1.807) is 0 Å². The summed E-state index contributed by atoms with van der Waals surface area (Å²) >= 11 is 0. The number of nitrogens with zero attached hydrogens (tertiary/aromatic N) is 3. The molecule has 0 saturated carbocycles. The Hall–Kier alpha value is -1.48. The number of allylic oxidation sites excluding steroid dienone is 1. The molecule has 5 aromatic rings. The third kappa shape index (κ3) is 13.2. The van der Waals surface area contributed by atoms with Crippen molar-refractivity contribution >= 4 is 91.6 Å². The van der Waals surface area contributed by atoms with Gasteiger partial charge in [0.05, 0.1) is 36.7 Å². The molecule has 22 nitrogen and oxygen atoms in total. The van der Waals surface area contributed by atoms with Crippen LogP contribution in [-0.2, 0) is 74.6 Å². The Morgan fingerprint density at radius 1 is 0.578 bits per heavy atom. The van der Waals surface area contributed by atoms with Gasteiger partial charge in [0.2, 0.25) is 5.78 Å². The Labute approximate surface area is 472 Å². The van der Waals surface area contributed by atoms with Crippen molar-refractivity contribution in [3.8, 4) is 34.1 Å². The molecule has 0 aromatic heterocycles. The number of hydrogen-bond donors (Lipinski definition) is 2. The van der Waals surface area contributed by atoms with E-state index in [9.17, 15) is 77.1 Å². The summed E-state index contributed by atoms with van der Waals surface area (Å²) in [6.45, 7) is 0. The van der Waals surface area contributed by atoms with Crippen LogP contribution in [0.1, 0.15) is 15.9 Å². The van der Waals surface area contributed by atoms with Crippen LogP contribution in [0.4, 0.5) is 22.7 Å². The number of hydrogen-bond acceptors (Lipinski definition) is 22. The average molecular weight is 1090 g/mol. The van der Waals surface area contributed by atoms with Gasteiger partial charge in [-0.1, -0.05) is 59.4 Å². The number of nitrogens with two attached hydrogens (primary N) is 1. The molecule has 0 heterocycles. The Bertz CT molecular complexity index is 3250. The second kappa shape index (κ2) is 23.2. The Balaban J connectivity index is 0.00000661. The first-order chi connectivity index (χ1) is 26.8. The summed E-state index contributed by atoms with van der Waals surface area (Å²) in [4.78, 5) is 8.14. The van der Waals surface area contributed by atoms with E-state index in [1.807, 2.05) is 0 Å². The number of anilines is 2. The van der Waals surface area contributed by atoms with Gasteiger partial charge in [0.25, 0.3) is 0 Å². The fraction of sp³-hybridized carbons (Fsp3) is 0. The molecule has 5 aromatic carbocycles. The molecular weight excluding hydrogens is 1070 g/mol. The number of azo groups is 1. The van der Waals surface area contributed by atoms with E-state index in [4.69, 9.17) is 5.73 Å². The number of rotatable bonds is 9. The number of nitrogens with one attached hydrogen (secondary N) is 1. The second-order valence-corrected chi connectivity index (χ2v) is 17.3. The van der Waals surface area contributed by atoms with E-state index in [1.165, 1.54) is 12.1 Å². The molecule has 1 aliphatic rings. The largest absolute Gasteiger partial charge is 2.00 e. The van der Waals surface area contributed by atoms with E-state index < -0.39 is 139 Å². The van der Waals surface area contributed by atoms with Gasteiger partial charge in [0.1, 0.15) is 46.2 Å². The minimum absolute atomic E-state index is 0. The second-order valence-electron chi connectivity index (χ2n) is 11.8. The summed E-state index contributed by atoms with van der Waals surface area (Å²) < 4.78 is 141. The Kier molecular flexibility index (Phi) is 22.7. The van der Waals surface area contributed by atoms with Crippen LogP contribution in [0.25, 0.3) is 28.0 Å². The molecule has 2 radical (unpaired) electrons. The molecular formula is C32H15Cu2N5Na4O17S4. The van der Waals surface area contributed by atoms with Crippen molar-refractivity contribution in [2.75, 3.05) is 11.2 Å². The van der Waals surface area contributed by atoms with Gasteiger partial charge in [-0.05, 0) is 53.1 Å².